The van der Waals surface area contributed by atoms with Crippen LogP contribution >= 0.6 is 0 Å². The summed E-state index contributed by atoms with van der Waals surface area (Å²) in [6.45, 7) is 3.91. The summed E-state index contributed by atoms with van der Waals surface area (Å²) in [6, 6.07) is 14.8. The molecule has 0 atom stereocenters. The van der Waals surface area contributed by atoms with Crippen LogP contribution < -0.4 is 5.63 Å². The molecule has 0 aliphatic rings. The van der Waals surface area contributed by atoms with E-state index in [0.29, 0.717) is 16.3 Å². The lowest BCUT2D eigenvalue weighted by Gasteiger charge is -2.11. The van der Waals surface area contributed by atoms with E-state index in [1.165, 1.54) is 0 Å². The Bertz CT molecular complexity index is 920. The van der Waals surface area contributed by atoms with E-state index in [2.05, 4.69) is 0 Å². The zero-order valence-corrected chi connectivity index (χ0v) is 13.0. The van der Waals surface area contributed by atoms with Gasteiger partial charge in [-0.3, -0.25) is 0 Å². The predicted molar refractivity (Wildman–Crippen MR) is 88.6 cm³/mol. The van der Waals surface area contributed by atoms with E-state index in [9.17, 15) is 9.59 Å². The molecule has 0 aliphatic carbocycles. The highest BCUT2D eigenvalue weighted by molar-refractivity contribution is 6.05. The molecule has 0 N–H and O–H groups in total. The Hall–Kier alpha value is -2.88. The van der Waals surface area contributed by atoms with Gasteiger partial charge in [-0.1, -0.05) is 48.0 Å². The fourth-order valence-electron chi connectivity index (χ4n) is 2.55. The van der Waals surface area contributed by atoms with E-state index in [4.69, 9.17) is 9.15 Å². The number of ether oxygens (including phenoxy) is 1. The average Bonchev–Trinajstić information content (AvgIpc) is 2.56. The molecular formula is C19H16O4. The van der Waals surface area contributed by atoms with Crippen LogP contribution in [0.15, 0.2) is 57.7 Å². The first-order valence-electron chi connectivity index (χ1n) is 7.42. The first-order valence-corrected chi connectivity index (χ1v) is 7.42. The van der Waals surface area contributed by atoms with Gasteiger partial charge in [-0.15, -0.1) is 0 Å². The van der Waals surface area contributed by atoms with Crippen molar-refractivity contribution < 1.29 is 13.9 Å². The highest BCUT2D eigenvalue weighted by Gasteiger charge is 2.22. The van der Waals surface area contributed by atoms with Crippen LogP contribution in [-0.4, -0.2) is 12.6 Å². The van der Waals surface area contributed by atoms with Gasteiger partial charge in [0.25, 0.3) is 0 Å². The normalized spacial score (nSPS) is 10.7. The predicted octanol–water partition coefficient (Wildman–Crippen LogP) is 3.95. The molecule has 116 valence electrons. The Morgan fingerprint density at radius 1 is 1.04 bits per heavy atom. The quantitative estimate of drug-likeness (QED) is 0.688. The highest BCUT2D eigenvalue weighted by atomic mass is 16.5. The van der Waals surface area contributed by atoms with E-state index in [1.54, 1.807) is 19.1 Å². The molecule has 0 saturated carbocycles. The Labute approximate surface area is 133 Å². The SMILES string of the molecule is CCOC(=O)c1oc(=O)c2ccccc2c1-c1ccc(C)cc1. The van der Waals surface area contributed by atoms with Crippen molar-refractivity contribution in [3.8, 4) is 11.1 Å². The van der Waals surface area contributed by atoms with E-state index in [-0.39, 0.29) is 12.4 Å². The Balaban J connectivity index is 2.37. The molecule has 3 aromatic rings. The molecule has 0 unspecified atom stereocenters. The molecule has 0 bridgehead atoms. The van der Waals surface area contributed by atoms with E-state index < -0.39 is 11.6 Å². The van der Waals surface area contributed by atoms with Gasteiger partial charge in [0.05, 0.1) is 12.0 Å². The van der Waals surface area contributed by atoms with E-state index in [0.717, 1.165) is 11.1 Å². The van der Waals surface area contributed by atoms with Crippen molar-refractivity contribution in [2.24, 2.45) is 0 Å². The molecule has 1 aromatic heterocycles. The third-order valence-corrected chi connectivity index (χ3v) is 3.64. The van der Waals surface area contributed by atoms with Gasteiger partial charge in [0.1, 0.15) is 0 Å². The van der Waals surface area contributed by atoms with Gasteiger partial charge in [-0.05, 0) is 25.5 Å². The van der Waals surface area contributed by atoms with Gasteiger partial charge < -0.3 is 9.15 Å². The minimum absolute atomic E-state index is 0.0561. The van der Waals surface area contributed by atoms with Crippen molar-refractivity contribution in [1.29, 1.82) is 0 Å². The van der Waals surface area contributed by atoms with Crippen LogP contribution in [0.5, 0.6) is 0 Å². The second-order valence-electron chi connectivity index (χ2n) is 5.23. The van der Waals surface area contributed by atoms with Crippen LogP contribution in [0.4, 0.5) is 0 Å². The first-order chi connectivity index (χ1) is 11.1. The molecule has 23 heavy (non-hydrogen) atoms. The molecule has 0 spiro atoms. The maximum Gasteiger partial charge on any atom is 0.375 e. The molecule has 0 saturated heterocycles. The Morgan fingerprint density at radius 3 is 2.35 bits per heavy atom. The fraction of sp³-hybridized carbons (Fsp3) is 0.158. The summed E-state index contributed by atoms with van der Waals surface area (Å²) >= 11 is 0. The zero-order valence-electron chi connectivity index (χ0n) is 13.0. The van der Waals surface area contributed by atoms with Crippen LogP contribution in [0.2, 0.25) is 0 Å². The molecule has 1 heterocycles. The van der Waals surface area contributed by atoms with Crippen molar-refractivity contribution in [2.45, 2.75) is 13.8 Å². The number of fused-ring (bicyclic) bond motifs is 1. The van der Waals surface area contributed by atoms with Gasteiger partial charge in [0.2, 0.25) is 5.76 Å². The monoisotopic (exact) mass is 308 g/mol. The van der Waals surface area contributed by atoms with E-state index >= 15 is 0 Å². The van der Waals surface area contributed by atoms with Gasteiger partial charge in [0.15, 0.2) is 0 Å². The van der Waals surface area contributed by atoms with Crippen LogP contribution in [0.1, 0.15) is 23.0 Å². The largest absolute Gasteiger partial charge is 0.460 e. The number of esters is 1. The summed E-state index contributed by atoms with van der Waals surface area (Å²) in [5.41, 5.74) is 1.95. The second-order valence-corrected chi connectivity index (χ2v) is 5.23. The van der Waals surface area contributed by atoms with Crippen molar-refractivity contribution >= 4 is 16.7 Å². The molecule has 0 radical (unpaired) electrons. The smallest absolute Gasteiger partial charge is 0.375 e. The average molecular weight is 308 g/mol. The van der Waals surface area contributed by atoms with Crippen LogP contribution in [-0.2, 0) is 4.74 Å². The number of hydrogen-bond acceptors (Lipinski definition) is 4. The lowest BCUT2D eigenvalue weighted by molar-refractivity contribution is 0.0487. The van der Waals surface area contributed by atoms with Crippen molar-refractivity contribution in [3.63, 3.8) is 0 Å². The van der Waals surface area contributed by atoms with Crippen LogP contribution in [0.25, 0.3) is 21.9 Å². The molecule has 4 heteroatoms. The molecular weight excluding hydrogens is 292 g/mol. The van der Waals surface area contributed by atoms with Crippen molar-refractivity contribution in [2.75, 3.05) is 6.61 Å². The maximum atomic E-state index is 12.2. The summed E-state index contributed by atoms with van der Waals surface area (Å²) in [6.07, 6.45) is 0. The van der Waals surface area contributed by atoms with Crippen LogP contribution in [0.3, 0.4) is 0 Å². The maximum absolute atomic E-state index is 12.2. The van der Waals surface area contributed by atoms with E-state index in [1.807, 2.05) is 43.3 Å². The standard InChI is InChI=1S/C19H16O4/c1-3-22-19(21)17-16(13-10-8-12(2)9-11-13)14-6-4-5-7-15(14)18(20)23-17/h4-11H,3H2,1-2H3. The Morgan fingerprint density at radius 2 is 1.70 bits per heavy atom. The minimum Gasteiger partial charge on any atom is -0.460 e. The molecule has 0 amide bonds. The second kappa shape index (κ2) is 6.08. The number of benzene rings is 2. The topological polar surface area (TPSA) is 56.5 Å². The lowest BCUT2D eigenvalue weighted by Crippen LogP contribution is -2.12. The number of aryl methyl sites for hydroxylation is 1. The summed E-state index contributed by atoms with van der Waals surface area (Å²) in [5.74, 6) is -0.690. The first kappa shape index (κ1) is 15.0. The highest BCUT2D eigenvalue weighted by Crippen LogP contribution is 2.31. The third-order valence-electron chi connectivity index (χ3n) is 3.64. The van der Waals surface area contributed by atoms with Gasteiger partial charge >= 0.3 is 11.6 Å². The number of rotatable bonds is 3. The molecule has 0 aliphatic heterocycles. The molecule has 0 fully saturated rings. The Kier molecular flexibility index (Phi) is 3.98. The van der Waals surface area contributed by atoms with Gasteiger partial charge in [-0.2, -0.15) is 0 Å². The van der Waals surface area contributed by atoms with Gasteiger partial charge in [-0.25, -0.2) is 9.59 Å². The number of carbonyl (C=O) groups is 1. The molecule has 2 aromatic carbocycles. The lowest BCUT2D eigenvalue weighted by atomic mass is 9.97. The molecule has 3 rings (SSSR count). The fourth-order valence-corrected chi connectivity index (χ4v) is 2.55. The minimum atomic E-state index is -0.633. The summed E-state index contributed by atoms with van der Waals surface area (Å²) in [7, 11) is 0. The zero-order chi connectivity index (χ0) is 16.4. The number of carbonyl (C=O) groups excluding carboxylic acids is 1. The van der Waals surface area contributed by atoms with Gasteiger partial charge in [0, 0.05) is 10.9 Å². The summed E-state index contributed by atoms with van der Waals surface area (Å²) < 4.78 is 10.3. The number of hydrogen-bond donors (Lipinski definition) is 0. The third kappa shape index (κ3) is 2.75. The molecule has 4 nitrogen and oxygen atoms in total. The summed E-state index contributed by atoms with van der Waals surface area (Å²) in [4.78, 5) is 24.4. The van der Waals surface area contributed by atoms with Crippen molar-refractivity contribution in [1.82, 2.24) is 0 Å². The summed E-state index contributed by atoms with van der Waals surface area (Å²) in [5, 5.41) is 1.12. The van der Waals surface area contributed by atoms with Crippen LogP contribution in [0, 0.1) is 6.92 Å². The van der Waals surface area contributed by atoms with Crippen molar-refractivity contribution in [3.05, 3.63) is 70.3 Å².